The molecule has 2 rings (SSSR count). The minimum atomic E-state index is -1.79. The number of aliphatic hydroxyl groups is 8. The number of ether oxygens (including phenoxy) is 4. The maximum Gasteiger partial charge on any atom is 0.220 e. The SMILES string of the molecule is CC/C=C\C/C=C\C/C=C\C/C=C\CCCCCCCCCCCCCCCCCCCCCCCCC(=O)NC(COC1OC(CO)C(OC2OC(CO)C(O)C(O)C2O)C(O)C1O)C(O)/C=C/CC/C=C/CCCCCCCCC. The van der Waals surface area contributed by atoms with Gasteiger partial charge in [-0.25, -0.2) is 0 Å². The fraction of sp³-hybridized carbons (Fsp3) is 0.809. The predicted octanol–water partition coefficient (Wildman–Crippen LogP) is 12.7. The molecule has 1 amide bonds. The van der Waals surface area contributed by atoms with Gasteiger partial charge in [0.1, 0.15) is 48.8 Å². The highest BCUT2D eigenvalue weighted by molar-refractivity contribution is 5.76. The number of allylic oxidation sites excluding steroid dienone is 11. The molecular formula is C68H121NO13. The van der Waals surface area contributed by atoms with Gasteiger partial charge in [-0.1, -0.05) is 254 Å². The minimum absolute atomic E-state index is 0.248. The monoisotopic (exact) mass is 1160 g/mol. The number of rotatable bonds is 53. The average molecular weight is 1160 g/mol. The molecule has 2 aliphatic rings. The molecule has 12 unspecified atom stereocenters. The summed E-state index contributed by atoms with van der Waals surface area (Å²) in [4.78, 5) is 13.3. The van der Waals surface area contributed by atoms with Crippen molar-refractivity contribution in [3.8, 4) is 0 Å². The van der Waals surface area contributed by atoms with Crippen LogP contribution in [0.25, 0.3) is 0 Å². The van der Waals surface area contributed by atoms with Crippen LogP contribution in [0.15, 0.2) is 72.9 Å². The van der Waals surface area contributed by atoms with Gasteiger partial charge in [0.25, 0.3) is 0 Å². The fourth-order valence-corrected chi connectivity index (χ4v) is 10.6. The first-order chi connectivity index (χ1) is 40.1. The standard InChI is InChI=1S/C68H121NO13/c1-3-5-7-9-11-13-15-17-18-19-20-21-22-23-24-25-26-27-28-29-30-31-32-33-34-35-36-37-38-40-42-44-46-48-50-52-60(73)69-56(57(72)51-49-47-45-43-41-39-16-14-12-10-8-6-4-2)55-79-67-65(78)63(76)66(59(54-71)81-67)82-68-64(77)62(75)61(74)58(53-70)80-68/h5,7,11,13,17-18,20-21,41,43,49,51,56-59,61-68,70-72,74-78H,3-4,6,8-10,12,14-16,19,22-40,42,44-48,50,52-55H2,1-2H3,(H,69,73)/b7-5-,13-11-,18-17-,21-20-,43-41+,51-49+. The molecule has 0 aromatic heterocycles. The van der Waals surface area contributed by atoms with Crippen molar-refractivity contribution in [3.05, 3.63) is 72.9 Å². The van der Waals surface area contributed by atoms with Gasteiger partial charge in [-0.2, -0.15) is 0 Å². The molecule has 14 nitrogen and oxygen atoms in total. The molecule has 0 bridgehead atoms. The second-order valence-electron chi connectivity index (χ2n) is 23.2. The molecule has 2 aliphatic heterocycles. The molecule has 2 saturated heterocycles. The summed E-state index contributed by atoms with van der Waals surface area (Å²) in [6.45, 7) is 2.66. The summed E-state index contributed by atoms with van der Waals surface area (Å²) in [6.07, 6.45) is 54.1. The van der Waals surface area contributed by atoms with E-state index in [0.717, 1.165) is 57.8 Å². The summed E-state index contributed by atoms with van der Waals surface area (Å²) in [5, 5.41) is 87.1. The number of hydrogen-bond donors (Lipinski definition) is 9. The van der Waals surface area contributed by atoms with Gasteiger partial charge in [-0.3, -0.25) is 4.79 Å². The third-order valence-electron chi connectivity index (χ3n) is 15.9. The molecule has 82 heavy (non-hydrogen) atoms. The van der Waals surface area contributed by atoms with Crippen LogP contribution >= 0.6 is 0 Å². The Labute approximate surface area is 498 Å². The quantitative estimate of drug-likeness (QED) is 0.0204. The molecule has 14 heteroatoms. The van der Waals surface area contributed by atoms with Crippen LogP contribution in [0.2, 0.25) is 0 Å². The van der Waals surface area contributed by atoms with Gasteiger partial charge in [0, 0.05) is 6.42 Å². The van der Waals surface area contributed by atoms with Crippen molar-refractivity contribution in [2.75, 3.05) is 19.8 Å². The topological polar surface area (TPSA) is 228 Å². The Morgan fingerprint density at radius 3 is 1.34 bits per heavy atom. The molecule has 9 N–H and O–H groups in total. The third-order valence-corrected chi connectivity index (χ3v) is 15.9. The lowest BCUT2D eigenvalue weighted by Gasteiger charge is -2.46. The summed E-state index contributed by atoms with van der Waals surface area (Å²) in [6, 6.07) is -0.931. The van der Waals surface area contributed by atoms with E-state index in [1.54, 1.807) is 6.08 Å². The predicted molar refractivity (Wildman–Crippen MR) is 332 cm³/mol. The van der Waals surface area contributed by atoms with E-state index in [1.807, 2.05) is 6.08 Å². The van der Waals surface area contributed by atoms with Crippen molar-refractivity contribution < 1.29 is 64.6 Å². The van der Waals surface area contributed by atoms with Crippen LogP contribution in [0.4, 0.5) is 0 Å². The second kappa shape index (κ2) is 52.7. The van der Waals surface area contributed by atoms with Gasteiger partial charge in [-0.05, 0) is 70.6 Å². The Morgan fingerprint density at radius 1 is 0.451 bits per heavy atom. The zero-order chi connectivity index (χ0) is 59.5. The second-order valence-corrected chi connectivity index (χ2v) is 23.2. The van der Waals surface area contributed by atoms with Gasteiger partial charge in [0.2, 0.25) is 5.91 Å². The van der Waals surface area contributed by atoms with Crippen molar-refractivity contribution in [2.24, 2.45) is 0 Å². The highest BCUT2D eigenvalue weighted by Gasteiger charge is 2.51. The minimum Gasteiger partial charge on any atom is -0.394 e. The van der Waals surface area contributed by atoms with Gasteiger partial charge in [0.05, 0.1) is 32.0 Å². The summed E-state index contributed by atoms with van der Waals surface area (Å²) in [7, 11) is 0. The first-order valence-corrected chi connectivity index (χ1v) is 33.2. The number of hydrogen-bond acceptors (Lipinski definition) is 13. The molecule has 0 aliphatic carbocycles. The van der Waals surface area contributed by atoms with Gasteiger partial charge >= 0.3 is 0 Å². The van der Waals surface area contributed by atoms with Crippen LogP contribution in [-0.4, -0.2) is 140 Å². The fourth-order valence-electron chi connectivity index (χ4n) is 10.6. The molecule has 12 atom stereocenters. The zero-order valence-electron chi connectivity index (χ0n) is 51.5. The Balaban J connectivity index is 1.60. The van der Waals surface area contributed by atoms with Crippen LogP contribution in [0, 0.1) is 0 Å². The first-order valence-electron chi connectivity index (χ1n) is 33.2. The van der Waals surface area contributed by atoms with Crippen LogP contribution in [0.5, 0.6) is 0 Å². The summed E-state index contributed by atoms with van der Waals surface area (Å²) in [5.41, 5.74) is 0. The van der Waals surface area contributed by atoms with Crippen molar-refractivity contribution in [3.63, 3.8) is 0 Å². The van der Waals surface area contributed by atoms with E-state index in [1.165, 1.54) is 167 Å². The molecule has 476 valence electrons. The van der Waals surface area contributed by atoms with Crippen LogP contribution in [0.1, 0.15) is 258 Å². The van der Waals surface area contributed by atoms with Crippen molar-refractivity contribution in [2.45, 2.75) is 331 Å². The van der Waals surface area contributed by atoms with E-state index in [9.17, 15) is 45.6 Å². The number of aliphatic hydroxyl groups excluding tert-OH is 8. The molecule has 2 fully saturated rings. The maximum absolute atomic E-state index is 13.3. The lowest BCUT2D eigenvalue weighted by molar-refractivity contribution is -0.359. The molecule has 2 heterocycles. The van der Waals surface area contributed by atoms with Crippen LogP contribution in [-0.2, 0) is 23.7 Å². The lowest BCUT2D eigenvalue weighted by atomic mass is 9.97. The number of carbonyl (C=O) groups is 1. The van der Waals surface area contributed by atoms with Gasteiger partial charge in [-0.15, -0.1) is 0 Å². The van der Waals surface area contributed by atoms with Gasteiger partial charge in [0.15, 0.2) is 12.6 Å². The molecule has 0 aromatic carbocycles. The number of carbonyl (C=O) groups excluding carboxylic acids is 1. The Hall–Kier alpha value is -2.57. The summed E-state index contributed by atoms with van der Waals surface area (Å²) < 4.78 is 22.8. The number of unbranched alkanes of at least 4 members (excludes halogenated alkanes) is 30. The number of amides is 1. The number of nitrogens with one attached hydrogen (secondary N) is 1. The smallest absolute Gasteiger partial charge is 0.220 e. The van der Waals surface area contributed by atoms with Crippen molar-refractivity contribution >= 4 is 5.91 Å². The van der Waals surface area contributed by atoms with E-state index >= 15 is 0 Å². The summed E-state index contributed by atoms with van der Waals surface area (Å²) >= 11 is 0. The van der Waals surface area contributed by atoms with Gasteiger partial charge < -0.3 is 65.1 Å². The van der Waals surface area contributed by atoms with Crippen LogP contribution < -0.4 is 5.32 Å². The highest BCUT2D eigenvalue weighted by atomic mass is 16.7. The first kappa shape index (κ1) is 75.5. The lowest BCUT2D eigenvalue weighted by Crippen LogP contribution is -2.65. The highest BCUT2D eigenvalue weighted by Crippen LogP contribution is 2.30. The van der Waals surface area contributed by atoms with E-state index in [0.29, 0.717) is 12.8 Å². The molecule has 0 aromatic rings. The Bertz CT molecular complexity index is 1650. The van der Waals surface area contributed by atoms with Crippen LogP contribution in [0.3, 0.4) is 0 Å². The van der Waals surface area contributed by atoms with E-state index in [-0.39, 0.29) is 18.9 Å². The van der Waals surface area contributed by atoms with E-state index in [4.69, 9.17) is 18.9 Å². The molecule has 0 saturated carbocycles. The Kier molecular flexibility index (Phi) is 48.6. The molecule has 0 radical (unpaired) electrons. The normalized spacial score (nSPS) is 24.4. The zero-order valence-corrected chi connectivity index (χ0v) is 51.5. The molecular weight excluding hydrogens is 1040 g/mol. The van der Waals surface area contributed by atoms with Crippen molar-refractivity contribution in [1.82, 2.24) is 5.32 Å². The van der Waals surface area contributed by atoms with E-state index in [2.05, 4.69) is 79.9 Å². The summed E-state index contributed by atoms with van der Waals surface area (Å²) in [5.74, 6) is -0.248. The van der Waals surface area contributed by atoms with E-state index < -0.39 is 86.8 Å². The average Bonchev–Trinajstić information content (AvgIpc) is 3.56. The largest absolute Gasteiger partial charge is 0.394 e. The molecule has 0 spiro atoms. The maximum atomic E-state index is 13.3. The van der Waals surface area contributed by atoms with Crippen molar-refractivity contribution in [1.29, 1.82) is 0 Å². The third kappa shape index (κ3) is 37.1. The Morgan fingerprint density at radius 2 is 0.854 bits per heavy atom.